The average Bonchev–Trinajstić information content (AvgIpc) is 2.55. The molecule has 1 aromatic rings. The summed E-state index contributed by atoms with van der Waals surface area (Å²) in [7, 11) is 4.16. The lowest BCUT2D eigenvalue weighted by Gasteiger charge is -2.34. The number of para-hydroxylation sites is 2. The fourth-order valence-electron chi connectivity index (χ4n) is 2.34. The summed E-state index contributed by atoms with van der Waals surface area (Å²) in [5.74, 6) is 1.06. The second kappa shape index (κ2) is 9.90. The Balaban J connectivity index is 2.86. The lowest BCUT2D eigenvalue weighted by molar-refractivity contribution is 0.0462. The van der Waals surface area contributed by atoms with Gasteiger partial charge in [-0.3, -0.25) is 0 Å². The van der Waals surface area contributed by atoms with E-state index in [-0.39, 0.29) is 12.5 Å². The maximum absolute atomic E-state index is 5.97. The van der Waals surface area contributed by atoms with Crippen molar-refractivity contribution in [2.24, 2.45) is 11.8 Å². The number of anilines is 2. The van der Waals surface area contributed by atoms with Crippen LogP contribution >= 0.6 is 0 Å². The van der Waals surface area contributed by atoms with E-state index in [0.717, 1.165) is 24.6 Å². The summed E-state index contributed by atoms with van der Waals surface area (Å²) < 4.78 is 11.9. The summed E-state index contributed by atoms with van der Waals surface area (Å²) in [6.07, 6.45) is 0.0441. The van der Waals surface area contributed by atoms with Crippen molar-refractivity contribution in [1.29, 1.82) is 0 Å². The zero-order valence-corrected chi connectivity index (χ0v) is 16.7. The largest absolute Gasteiger partial charge is 0.358 e. The van der Waals surface area contributed by atoms with Crippen LogP contribution in [0.3, 0.4) is 0 Å². The lowest BCUT2D eigenvalue weighted by atomic mass is 10.2. The Bertz CT molecular complexity index is 433. The van der Waals surface area contributed by atoms with E-state index in [9.17, 15) is 0 Å². The Morgan fingerprint density at radius 2 is 1.04 bits per heavy atom. The Morgan fingerprint density at radius 1 is 0.708 bits per heavy atom. The van der Waals surface area contributed by atoms with Crippen LogP contribution in [-0.2, 0) is 9.47 Å². The fraction of sp³-hybridized carbons (Fsp3) is 0.700. The van der Waals surface area contributed by atoms with Crippen molar-refractivity contribution in [3.8, 4) is 0 Å². The number of benzene rings is 1. The highest BCUT2D eigenvalue weighted by molar-refractivity contribution is 5.71. The Morgan fingerprint density at radius 3 is 1.33 bits per heavy atom. The van der Waals surface area contributed by atoms with E-state index < -0.39 is 0 Å². The van der Waals surface area contributed by atoms with Gasteiger partial charge in [0, 0.05) is 14.1 Å². The van der Waals surface area contributed by atoms with Crippen molar-refractivity contribution in [1.82, 2.24) is 0 Å². The Labute approximate surface area is 148 Å². The molecule has 0 aliphatic carbocycles. The number of hydrogen-bond donors (Lipinski definition) is 0. The van der Waals surface area contributed by atoms with E-state index in [2.05, 4.69) is 89.7 Å². The van der Waals surface area contributed by atoms with Crippen LogP contribution in [0.5, 0.6) is 0 Å². The Hall–Kier alpha value is -1.26. The predicted octanol–water partition coefficient (Wildman–Crippen LogP) is 4.60. The molecule has 24 heavy (non-hydrogen) atoms. The van der Waals surface area contributed by atoms with Gasteiger partial charge in [0.1, 0.15) is 12.5 Å². The fourth-order valence-corrected chi connectivity index (χ4v) is 2.34. The smallest absolute Gasteiger partial charge is 0.127 e. The van der Waals surface area contributed by atoms with Gasteiger partial charge in [0.2, 0.25) is 0 Å². The van der Waals surface area contributed by atoms with E-state index in [4.69, 9.17) is 9.47 Å². The number of nitrogens with zero attached hydrogens (tertiary/aromatic N) is 2. The van der Waals surface area contributed by atoms with E-state index in [1.54, 1.807) is 0 Å². The average molecular weight is 337 g/mol. The Kier molecular flexibility index (Phi) is 8.57. The third kappa shape index (κ3) is 6.33. The molecule has 0 aromatic heterocycles. The van der Waals surface area contributed by atoms with Crippen molar-refractivity contribution in [3.05, 3.63) is 24.3 Å². The molecular formula is C20H36N2O2. The van der Waals surface area contributed by atoms with Crippen LogP contribution in [0.2, 0.25) is 0 Å². The zero-order chi connectivity index (χ0) is 18.3. The molecule has 4 heteroatoms. The molecule has 0 spiro atoms. The zero-order valence-electron chi connectivity index (χ0n) is 16.7. The highest BCUT2D eigenvalue weighted by Gasteiger charge is 2.19. The van der Waals surface area contributed by atoms with Crippen LogP contribution in [-0.4, -0.2) is 39.8 Å². The highest BCUT2D eigenvalue weighted by Crippen LogP contribution is 2.30. The highest BCUT2D eigenvalue weighted by atomic mass is 16.5. The van der Waals surface area contributed by atoms with Gasteiger partial charge in [0.05, 0.1) is 24.6 Å². The van der Waals surface area contributed by atoms with Crippen molar-refractivity contribution in [2.45, 2.75) is 54.0 Å². The number of hydrogen-bond acceptors (Lipinski definition) is 4. The van der Waals surface area contributed by atoms with Crippen LogP contribution < -0.4 is 9.80 Å². The molecule has 0 saturated heterocycles. The lowest BCUT2D eigenvalue weighted by Crippen LogP contribution is -2.36. The van der Waals surface area contributed by atoms with Gasteiger partial charge < -0.3 is 19.3 Å². The minimum absolute atomic E-state index is 0.0221. The molecule has 0 N–H and O–H groups in total. The normalized spacial score (nSPS) is 14.1. The van der Waals surface area contributed by atoms with Crippen molar-refractivity contribution in [3.63, 3.8) is 0 Å². The molecule has 0 aliphatic heterocycles. The van der Waals surface area contributed by atoms with Crippen molar-refractivity contribution in [2.75, 3.05) is 37.1 Å². The molecule has 0 bridgehead atoms. The first-order valence-corrected chi connectivity index (χ1v) is 9.01. The molecule has 2 atom stereocenters. The van der Waals surface area contributed by atoms with Crippen LogP contribution in [0.4, 0.5) is 11.4 Å². The standard InChI is InChI=1S/C20H36N2O2/c1-15(2)13-23-17(5)21(7)19-11-9-10-12-20(19)22(8)18(6)24-14-16(3)4/h9-12,15-18H,13-14H2,1-8H3. The molecule has 0 saturated carbocycles. The number of ether oxygens (including phenoxy) is 2. The molecule has 1 aromatic carbocycles. The van der Waals surface area contributed by atoms with Gasteiger partial charge in [0.15, 0.2) is 0 Å². The third-order valence-corrected chi connectivity index (χ3v) is 4.07. The molecule has 0 heterocycles. The van der Waals surface area contributed by atoms with Gasteiger partial charge in [-0.2, -0.15) is 0 Å². The van der Waals surface area contributed by atoms with Crippen LogP contribution in [0.15, 0.2) is 24.3 Å². The third-order valence-electron chi connectivity index (χ3n) is 4.07. The molecule has 138 valence electrons. The second-order valence-electron chi connectivity index (χ2n) is 7.36. The SMILES string of the molecule is CC(C)COC(C)N(C)c1ccccc1N(C)C(C)OCC(C)C. The summed E-state index contributed by atoms with van der Waals surface area (Å²) >= 11 is 0. The van der Waals surface area contributed by atoms with E-state index in [1.165, 1.54) is 0 Å². The molecule has 2 unspecified atom stereocenters. The minimum atomic E-state index is 0.0221. The molecule has 0 aliphatic rings. The van der Waals surface area contributed by atoms with Gasteiger partial charge in [-0.05, 0) is 37.8 Å². The van der Waals surface area contributed by atoms with E-state index in [1.807, 2.05) is 0 Å². The van der Waals surface area contributed by atoms with Crippen LogP contribution in [0.25, 0.3) is 0 Å². The molecule has 0 fully saturated rings. The van der Waals surface area contributed by atoms with E-state index in [0.29, 0.717) is 11.8 Å². The predicted molar refractivity (Wildman–Crippen MR) is 104 cm³/mol. The quantitative estimate of drug-likeness (QED) is 0.583. The monoisotopic (exact) mass is 336 g/mol. The van der Waals surface area contributed by atoms with Gasteiger partial charge in [-0.25, -0.2) is 0 Å². The summed E-state index contributed by atoms with van der Waals surface area (Å²) in [5, 5.41) is 0. The second-order valence-corrected chi connectivity index (χ2v) is 7.36. The van der Waals surface area contributed by atoms with E-state index >= 15 is 0 Å². The first-order valence-electron chi connectivity index (χ1n) is 9.01. The summed E-state index contributed by atoms with van der Waals surface area (Å²) in [4.78, 5) is 4.37. The van der Waals surface area contributed by atoms with Crippen LogP contribution in [0.1, 0.15) is 41.5 Å². The van der Waals surface area contributed by atoms with Crippen LogP contribution in [0, 0.1) is 11.8 Å². The first-order chi connectivity index (χ1) is 11.2. The molecule has 0 amide bonds. The minimum Gasteiger partial charge on any atom is -0.358 e. The van der Waals surface area contributed by atoms with Crippen molar-refractivity contribution < 1.29 is 9.47 Å². The van der Waals surface area contributed by atoms with Gasteiger partial charge in [-0.1, -0.05) is 39.8 Å². The number of rotatable bonds is 10. The summed E-state index contributed by atoms with van der Waals surface area (Å²) in [6.45, 7) is 14.4. The molecule has 1 rings (SSSR count). The van der Waals surface area contributed by atoms with Gasteiger partial charge in [0.25, 0.3) is 0 Å². The molecule has 4 nitrogen and oxygen atoms in total. The molecule has 0 radical (unpaired) electrons. The molecular weight excluding hydrogens is 300 g/mol. The topological polar surface area (TPSA) is 24.9 Å². The van der Waals surface area contributed by atoms with Gasteiger partial charge in [-0.15, -0.1) is 0 Å². The maximum atomic E-state index is 5.97. The first kappa shape index (κ1) is 20.8. The van der Waals surface area contributed by atoms with Crippen molar-refractivity contribution >= 4 is 11.4 Å². The maximum Gasteiger partial charge on any atom is 0.127 e. The summed E-state index contributed by atoms with van der Waals surface area (Å²) in [5.41, 5.74) is 2.30. The summed E-state index contributed by atoms with van der Waals surface area (Å²) in [6, 6.07) is 8.41. The van der Waals surface area contributed by atoms with Gasteiger partial charge >= 0.3 is 0 Å².